The van der Waals surface area contributed by atoms with E-state index in [4.69, 9.17) is 23.2 Å². The van der Waals surface area contributed by atoms with Gasteiger partial charge in [-0.3, -0.25) is 4.79 Å². The van der Waals surface area contributed by atoms with Gasteiger partial charge in [-0.2, -0.15) is 0 Å². The second-order valence-electron chi connectivity index (χ2n) is 5.49. The predicted octanol–water partition coefficient (Wildman–Crippen LogP) is 5.23. The Kier molecular flexibility index (Phi) is 4.32. The molecule has 1 aliphatic rings. The lowest BCUT2D eigenvalue weighted by molar-refractivity contribution is -0.120. The van der Waals surface area contributed by atoms with Crippen molar-refractivity contribution in [1.29, 1.82) is 0 Å². The van der Waals surface area contributed by atoms with Gasteiger partial charge < -0.3 is 0 Å². The Labute approximate surface area is 134 Å². The quantitative estimate of drug-likeness (QED) is 0.757. The third kappa shape index (κ3) is 3.00. The topological polar surface area (TPSA) is 17.1 Å². The summed E-state index contributed by atoms with van der Waals surface area (Å²) in [7, 11) is 0. The zero-order chi connectivity index (χ0) is 14.8. The second-order valence-corrected chi connectivity index (χ2v) is 6.30. The van der Waals surface area contributed by atoms with Gasteiger partial charge in [0.05, 0.1) is 0 Å². The number of aryl methyl sites for hydroxylation is 1. The SMILES string of the molecule is O=C(Cc1c(Cl)cccc1Cl)C1CCCc2ccccc21. The molecule has 0 saturated heterocycles. The van der Waals surface area contributed by atoms with Gasteiger partial charge in [0.1, 0.15) is 5.78 Å². The third-order valence-electron chi connectivity index (χ3n) is 4.17. The van der Waals surface area contributed by atoms with E-state index >= 15 is 0 Å². The monoisotopic (exact) mass is 318 g/mol. The summed E-state index contributed by atoms with van der Waals surface area (Å²) < 4.78 is 0. The summed E-state index contributed by atoms with van der Waals surface area (Å²) in [6.07, 6.45) is 3.34. The Morgan fingerprint density at radius 1 is 1.05 bits per heavy atom. The van der Waals surface area contributed by atoms with Crippen LogP contribution >= 0.6 is 23.2 Å². The molecule has 0 heterocycles. The number of carbonyl (C=O) groups is 1. The number of rotatable bonds is 3. The van der Waals surface area contributed by atoms with Crippen molar-refractivity contribution in [3.05, 3.63) is 69.2 Å². The average Bonchev–Trinajstić information content (AvgIpc) is 2.50. The van der Waals surface area contributed by atoms with Crippen molar-refractivity contribution in [1.82, 2.24) is 0 Å². The Hall–Kier alpha value is -1.31. The molecule has 3 rings (SSSR count). The molecule has 2 aromatic carbocycles. The first-order chi connectivity index (χ1) is 10.2. The normalized spacial score (nSPS) is 17.3. The molecule has 0 N–H and O–H groups in total. The highest BCUT2D eigenvalue weighted by Gasteiger charge is 2.26. The van der Waals surface area contributed by atoms with Crippen molar-refractivity contribution < 1.29 is 4.79 Å². The van der Waals surface area contributed by atoms with Crippen molar-refractivity contribution in [2.45, 2.75) is 31.6 Å². The molecule has 0 bridgehead atoms. The van der Waals surface area contributed by atoms with Gasteiger partial charge in [-0.15, -0.1) is 0 Å². The number of benzene rings is 2. The molecule has 0 aromatic heterocycles. The largest absolute Gasteiger partial charge is 0.299 e. The summed E-state index contributed by atoms with van der Waals surface area (Å²) in [5, 5.41) is 1.14. The molecule has 1 atom stereocenters. The average molecular weight is 319 g/mol. The van der Waals surface area contributed by atoms with Crippen LogP contribution in [0.5, 0.6) is 0 Å². The van der Waals surface area contributed by atoms with Gasteiger partial charge in [0, 0.05) is 22.4 Å². The van der Waals surface area contributed by atoms with Crippen molar-refractivity contribution in [3.8, 4) is 0 Å². The fourth-order valence-corrected chi connectivity index (χ4v) is 3.62. The zero-order valence-electron chi connectivity index (χ0n) is 11.6. The van der Waals surface area contributed by atoms with Gasteiger partial charge in [0.25, 0.3) is 0 Å². The highest BCUT2D eigenvalue weighted by Crippen LogP contribution is 2.34. The number of carbonyl (C=O) groups excluding carboxylic acids is 1. The first-order valence-corrected chi connectivity index (χ1v) is 7.96. The Morgan fingerprint density at radius 2 is 1.76 bits per heavy atom. The van der Waals surface area contributed by atoms with E-state index < -0.39 is 0 Å². The minimum absolute atomic E-state index is 0.0257. The number of hydrogen-bond donors (Lipinski definition) is 0. The van der Waals surface area contributed by atoms with E-state index in [0.29, 0.717) is 16.5 Å². The van der Waals surface area contributed by atoms with Gasteiger partial charge in [0.2, 0.25) is 0 Å². The molecular formula is C18H16Cl2O. The van der Waals surface area contributed by atoms with Crippen LogP contribution in [-0.4, -0.2) is 5.78 Å². The maximum Gasteiger partial charge on any atom is 0.144 e. The summed E-state index contributed by atoms with van der Waals surface area (Å²) in [5.41, 5.74) is 3.22. The van der Waals surface area contributed by atoms with Crippen LogP contribution in [0.1, 0.15) is 35.4 Å². The fraction of sp³-hybridized carbons (Fsp3) is 0.278. The minimum Gasteiger partial charge on any atom is -0.299 e. The van der Waals surface area contributed by atoms with Crippen LogP contribution in [0.2, 0.25) is 10.0 Å². The molecule has 1 aliphatic carbocycles. The van der Waals surface area contributed by atoms with Crippen molar-refractivity contribution >= 4 is 29.0 Å². The second kappa shape index (κ2) is 6.21. The van der Waals surface area contributed by atoms with Gasteiger partial charge in [-0.1, -0.05) is 53.5 Å². The number of halogens is 2. The molecule has 0 spiro atoms. The summed E-state index contributed by atoms with van der Waals surface area (Å²) >= 11 is 12.4. The standard InChI is InChI=1S/C18H16Cl2O/c19-16-9-4-10-17(20)15(16)11-18(21)14-8-3-6-12-5-1-2-7-13(12)14/h1-2,4-5,7,9-10,14H,3,6,8,11H2. The van der Waals surface area contributed by atoms with E-state index in [1.54, 1.807) is 18.2 Å². The molecule has 0 fully saturated rings. The van der Waals surface area contributed by atoms with Crippen LogP contribution < -0.4 is 0 Å². The summed E-state index contributed by atoms with van der Waals surface area (Å²) in [6, 6.07) is 13.6. The molecule has 1 unspecified atom stereocenters. The molecule has 0 aliphatic heterocycles. The van der Waals surface area contributed by atoms with E-state index in [0.717, 1.165) is 24.8 Å². The summed E-state index contributed by atoms with van der Waals surface area (Å²) in [5.74, 6) is 0.180. The van der Waals surface area contributed by atoms with Crippen molar-refractivity contribution in [2.75, 3.05) is 0 Å². The molecule has 108 valence electrons. The first kappa shape index (κ1) is 14.6. The van der Waals surface area contributed by atoms with Crippen LogP contribution in [0, 0.1) is 0 Å². The highest BCUT2D eigenvalue weighted by atomic mass is 35.5. The van der Waals surface area contributed by atoms with Crippen LogP contribution in [0.3, 0.4) is 0 Å². The molecular weight excluding hydrogens is 303 g/mol. The molecule has 0 amide bonds. The van der Waals surface area contributed by atoms with Gasteiger partial charge in [0.15, 0.2) is 0 Å². The maximum absolute atomic E-state index is 12.7. The molecule has 3 heteroatoms. The Morgan fingerprint density at radius 3 is 2.52 bits per heavy atom. The Balaban J connectivity index is 1.87. The lowest BCUT2D eigenvalue weighted by atomic mass is 9.79. The molecule has 21 heavy (non-hydrogen) atoms. The van der Waals surface area contributed by atoms with Crippen LogP contribution in [0.15, 0.2) is 42.5 Å². The number of fused-ring (bicyclic) bond motifs is 1. The van der Waals surface area contributed by atoms with Crippen LogP contribution in [0.4, 0.5) is 0 Å². The number of ketones is 1. The Bertz CT molecular complexity index is 658. The minimum atomic E-state index is -0.0257. The van der Waals surface area contributed by atoms with E-state index in [1.807, 2.05) is 12.1 Å². The lowest BCUT2D eigenvalue weighted by Crippen LogP contribution is -2.20. The molecule has 0 radical (unpaired) electrons. The molecule has 0 saturated carbocycles. The third-order valence-corrected chi connectivity index (χ3v) is 4.88. The van der Waals surface area contributed by atoms with E-state index in [-0.39, 0.29) is 11.7 Å². The number of hydrogen-bond acceptors (Lipinski definition) is 1. The van der Waals surface area contributed by atoms with Gasteiger partial charge in [-0.25, -0.2) is 0 Å². The van der Waals surface area contributed by atoms with Crippen molar-refractivity contribution in [2.24, 2.45) is 0 Å². The van der Waals surface area contributed by atoms with Gasteiger partial charge >= 0.3 is 0 Å². The van der Waals surface area contributed by atoms with Crippen molar-refractivity contribution in [3.63, 3.8) is 0 Å². The molecule has 2 aromatic rings. The van der Waals surface area contributed by atoms with Crippen LogP contribution in [0.25, 0.3) is 0 Å². The maximum atomic E-state index is 12.7. The molecule has 1 nitrogen and oxygen atoms in total. The smallest absolute Gasteiger partial charge is 0.144 e. The lowest BCUT2D eigenvalue weighted by Gasteiger charge is -2.24. The zero-order valence-corrected chi connectivity index (χ0v) is 13.1. The van der Waals surface area contributed by atoms with E-state index in [9.17, 15) is 4.79 Å². The van der Waals surface area contributed by atoms with Crippen LogP contribution in [-0.2, 0) is 17.6 Å². The summed E-state index contributed by atoms with van der Waals surface area (Å²) in [6.45, 7) is 0. The summed E-state index contributed by atoms with van der Waals surface area (Å²) in [4.78, 5) is 12.7. The highest BCUT2D eigenvalue weighted by molar-refractivity contribution is 6.36. The predicted molar refractivity (Wildman–Crippen MR) is 87.3 cm³/mol. The first-order valence-electron chi connectivity index (χ1n) is 7.20. The van der Waals surface area contributed by atoms with E-state index in [1.165, 1.54) is 11.1 Å². The fourth-order valence-electron chi connectivity index (χ4n) is 3.09. The van der Waals surface area contributed by atoms with Gasteiger partial charge in [-0.05, 0) is 48.1 Å². The van der Waals surface area contributed by atoms with E-state index in [2.05, 4.69) is 12.1 Å². The number of Topliss-reactive ketones (excluding diaryl/α,β-unsaturated/α-hetero) is 1.